The molecule has 0 aliphatic heterocycles. The summed E-state index contributed by atoms with van der Waals surface area (Å²) in [5.74, 6) is -1.78. The number of carbonyl (C=O) groups is 1. The predicted octanol–water partition coefficient (Wildman–Crippen LogP) is 3.16. The SMILES string of the molecule is Cc1cccc(Nc2cc(C(=O)O)c(N)cc2F)c1. The fraction of sp³-hybridized carbons (Fsp3) is 0.0714. The van der Waals surface area contributed by atoms with Crippen LogP contribution in [0.25, 0.3) is 0 Å². The van der Waals surface area contributed by atoms with Crippen LogP contribution in [0.5, 0.6) is 0 Å². The van der Waals surface area contributed by atoms with Crippen molar-refractivity contribution in [2.75, 3.05) is 11.1 Å². The quantitative estimate of drug-likeness (QED) is 0.741. The number of hydrogen-bond acceptors (Lipinski definition) is 3. The fourth-order valence-electron chi connectivity index (χ4n) is 1.75. The van der Waals surface area contributed by atoms with E-state index in [4.69, 9.17) is 10.8 Å². The summed E-state index contributed by atoms with van der Waals surface area (Å²) >= 11 is 0. The minimum Gasteiger partial charge on any atom is -0.478 e. The van der Waals surface area contributed by atoms with Gasteiger partial charge in [0, 0.05) is 11.4 Å². The lowest BCUT2D eigenvalue weighted by atomic mass is 10.1. The average molecular weight is 260 g/mol. The van der Waals surface area contributed by atoms with Crippen LogP contribution in [0.15, 0.2) is 36.4 Å². The van der Waals surface area contributed by atoms with Crippen molar-refractivity contribution in [3.05, 3.63) is 53.3 Å². The van der Waals surface area contributed by atoms with Gasteiger partial charge in [0.15, 0.2) is 0 Å². The van der Waals surface area contributed by atoms with Gasteiger partial charge in [-0.3, -0.25) is 0 Å². The first-order valence-electron chi connectivity index (χ1n) is 5.63. The molecule has 0 saturated heterocycles. The highest BCUT2D eigenvalue weighted by Crippen LogP contribution is 2.25. The molecule has 0 atom stereocenters. The zero-order valence-corrected chi connectivity index (χ0v) is 10.3. The van der Waals surface area contributed by atoms with Crippen LogP contribution < -0.4 is 11.1 Å². The van der Waals surface area contributed by atoms with Crippen molar-refractivity contribution >= 4 is 23.0 Å². The van der Waals surface area contributed by atoms with Gasteiger partial charge in [-0.25, -0.2) is 9.18 Å². The van der Waals surface area contributed by atoms with Gasteiger partial charge in [-0.15, -0.1) is 0 Å². The smallest absolute Gasteiger partial charge is 0.337 e. The van der Waals surface area contributed by atoms with E-state index in [2.05, 4.69) is 5.32 Å². The Kier molecular flexibility index (Phi) is 3.37. The third-order valence-electron chi connectivity index (χ3n) is 2.67. The molecule has 0 aromatic heterocycles. The maximum absolute atomic E-state index is 13.7. The Hall–Kier alpha value is -2.56. The van der Waals surface area contributed by atoms with Crippen molar-refractivity contribution in [2.45, 2.75) is 6.92 Å². The number of rotatable bonds is 3. The molecular weight excluding hydrogens is 247 g/mol. The van der Waals surface area contributed by atoms with E-state index in [1.165, 1.54) is 6.07 Å². The molecule has 2 aromatic rings. The summed E-state index contributed by atoms with van der Waals surface area (Å²) in [6, 6.07) is 9.52. The number of halogens is 1. The summed E-state index contributed by atoms with van der Waals surface area (Å²) in [5, 5.41) is 11.8. The summed E-state index contributed by atoms with van der Waals surface area (Å²) in [4.78, 5) is 11.0. The van der Waals surface area contributed by atoms with Gasteiger partial charge in [0.1, 0.15) is 5.82 Å². The lowest BCUT2D eigenvalue weighted by molar-refractivity contribution is 0.0698. The van der Waals surface area contributed by atoms with Crippen molar-refractivity contribution in [3.63, 3.8) is 0 Å². The third kappa shape index (κ3) is 2.82. The number of aromatic carboxylic acids is 1. The number of benzene rings is 2. The van der Waals surface area contributed by atoms with Crippen LogP contribution in [0.1, 0.15) is 15.9 Å². The normalized spacial score (nSPS) is 10.2. The number of nitrogen functional groups attached to an aromatic ring is 1. The summed E-state index contributed by atoms with van der Waals surface area (Å²) in [6.45, 7) is 1.91. The molecule has 5 heteroatoms. The van der Waals surface area contributed by atoms with Gasteiger partial charge in [-0.2, -0.15) is 0 Å². The van der Waals surface area contributed by atoms with E-state index in [0.29, 0.717) is 5.69 Å². The zero-order valence-electron chi connectivity index (χ0n) is 10.3. The summed E-state index contributed by atoms with van der Waals surface area (Å²) in [7, 11) is 0. The molecule has 0 fully saturated rings. The first kappa shape index (κ1) is 12.9. The average Bonchev–Trinajstić information content (AvgIpc) is 2.32. The Morgan fingerprint density at radius 1 is 1.32 bits per heavy atom. The number of carboxylic acids is 1. The van der Waals surface area contributed by atoms with Crippen molar-refractivity contribution < 1.29 is 14.3 Å². The van der Waals surface area contributed by atoms with E-state index in [1.54, 1.807) is 6.07 Å². The van der Waals surface area contributed by atoms with Gasteiger partial charge in [-0.1, -0.05) is 12.1 Å². The highest BCUT2D eigenvalue weighted by Gasteiger charge is 2.13. The highest BCUT2D eigenvalue weighted by molar-refractivity contribution is 5.95. The first-order valence-corrected chi connectivity index (χ1v) is 5.63. The molecule has 0 unspecified atom stereocenters. The Morgan fingerprint density at radius 3 is 2.68 bits per heavy atom. The van der Waals surface area contributed by atoms with E-state index in [0.717, 1.165) is 11.6 Å². The zero-order chi connectivity index (χ0) is 14.0. The van der Waals surface area contributed by atoms with E-state index in [1.807, 2.05) is 25.1 Å². The molecule has 2 rings (SSSR count). The molecule has 0 aliphatic carbocycles. The number of hydrogen-bond donors (Lipinski definition) is 3. The number of aryl methyl sites for hydroxylation is 1. The minimum atomic E-state index is -1.19. The van der Waals surface area contributed by atoms with E-state index < -0.39 is 11.8 Å². The summed E-state index contributed by atoms with van der Waals surface area (Å²) in [6.07, 6.45) is 0. The fourth-order valence-corrected chi connectivity index (χ4v) is 1.75. The van der Waals surface area contributed by atoms with Gasteiger partial charge < -0.3 is 16.2 Å². The maximum atomic E-state index is 13.7. The number of nitrogens with two attached hydrogens (primary N) is 1. The van der Waals surface area contributed by atoms with Gasteiger partial charge >= 0.3 is 5.97 Å². The molecule has 19 heavy (non-hydrogen) atoms. The van der Waals surface area contributed by atoms with Crippen LogP contribution in [0.2, 0.25) is 0 Å². The third-order valence-corrected chi connectivity index (χ3v) is 2.67. The molecule has 0 amide bonds. The van der Waals surface area contributed by atoms with E-state index >= 15 is 0 Å². The van der Waals surface area contributed by atoms with Gasteiger partial charge in [0.2, 0.25) is 0 Å². The number of carboxylic acid groups (broad SMARTS) is 1. The summed E-state index contributed by atoms with van der Waals surface area (Å²) in [5.41, 5.74) is 7.01. The first-order chi connectivity index (χ1) is 8.97. The Labute approximate surface area is 109 Å². The molecule has 4 N–H and O–H groups in total. The lowest BCUT2D eigenvalue weighted by Crippen LogP contribution is -2.05. The largest absolute Gasteiger partial charge is 0.478 e. The molecule has 0 spiro atoms. The molecule has 0 bridgehead atoms. The van der Waals surface area contributed by atoms with Gasteiger partial charge in [-0.05, 0) is 36.8 Å². The van der Waals surface area contributed by atoms with Crippen LogP contribution in [0.3, 0.4) is 0 Å². The Bertz CT molecular complexity index is 641. The molecule has 98 valence electrons. The van der Waals surface area contributed by atoms with Crippen LogP contribution in [0.4, 0.5) is 21.5 Å². The number of nitrogens with one attached hydrogen (secondary N) is 1. The highest BCUT2D eigenvalue weighted by atomic mass is 19.1. The second kappa shape index (κ2) is 4.97. The topological polar surface area (TPSA) is 75.3 Å². The van der Waals surface area contributed by atoms with Crippen molar-refractivity contribution in [3.8, 4) is 0 Å². The van der Waals surface area contributed by atoms with Crippen molar-refractivity contribution in [2.24, 2.45) is 0 Å². The van der Waals surface area contributed by atoms with Crippen LogP contribution in [-0.4, -0.2) is 11.1 Å². The molecule has 4 nitrogen and oxygen atoms in total. The monoisotopic (exact) mass is 260 g/mol. The minimum absolute atomic E-state index is 0.0807. The second-order valence-corrected chi connectivity index (χ2v) is 4.22. The molecule has 0 heterocycles. The Morgan fingerprint density at radius 2 is 2.05 bits per heavy atom. The van der Waals surface area contributed by atoms with E-state index in [-0.39, 0.29) is 16.9 Å². The second-order valence-electron chi connectivity index (χ2n) is 4.22. The lowest BCUT2D eigenvalue weighted by Gasteiger charge is -2.10. The van der Waals surface area contributed by atoms with Crippen LogP contribution >= 0.6 is 0 Å². The standard InChI is InChI=1S/C14H13FN2O2/c1-8-3-2-4-9(5-8)17-13-6-10(14(18)19)12(16)7-11(13)15/h2-7,17H,16H2,1H3,(H,18,19). The van der Waals surface area contributed by atoms with Crippen molar-refractivity contribution in [1.29, 1.82) is 0 Å². The maximum Gasteiger partial charge on any atom is 0.337 e. The Balaban J connectivity index is 2.40. The molecular formula is C14H13FN2O2. The molecule has 0 radical (unpaired) electrons. The van der Waals surface area contributed by atoms with Crippen LogP contribution in [0, 0.1) is 12.7 Å². The van der Waals surface area contributed by atoms with E-state index in [9.17, 15) is 9.18 Å². The van der Waals surface area contributed by atoms with Gasteiger partial charge in [0.25, 0.3) is 0 Å². The molecule has 2 aromatic carbocycles. The van der Waals surface area contributed by atoms with Gasteiger partial charge in [0.05, 0.1) is 11.3 Å². The molecule has 0 saturated carbocycles. The van der Waals surface area contributed by atoms with Crippen molar-refractivity contribution in [1.82, 2.24) is 0 Å². The van der Waals surface area contributed by atoms with Crippen LogP contribution in [-0.2, 0) is 0 Å². The number of anilines is 3. The molecule has 0 aliphatic rings. The predicted molar refractivity (Wildman–Crippen MR) is 72.2 cm³/mol. The summed E-state index contributed by atoms with van der Waals surface area (Å²) < 4.78 is 13.7.